The van der Waals surface area contributed by atoms with Crippen molar-refractivity contribution in [2.45, 2.75) is 38.0 Å². The Morgan fingerprint density at radius 2 is 2.27 bits per heavy atom. The molecule has 0 radical (unpaired) electrons. The Hall–Kier alpha value is -2.48. The number of pyridine rings is 1. The molecular formula is C18H23FN4O3. The van der Waals surface area contributed by atoms with E-state index in [1.54, 1.807) is 6.08 Å². The third-order valence-corrected chi connectivity index (χ3v) is 5.14. The standard InChI is InChI=1S/C18H23FN4O3/c1-4-5-6-23-9-14(19)12(8-15(23)24)18-10-26-11(2)7-13(18)16(25)22(3)17(20)21-18/h4,8-9,11,13H,1,5-7,10H2,2-3H3,(H2,20,21)/t11-,13-,18+/m0/s1. The molecule has 7 nitrogen and oxygen atoms in total. The van der Waals surface area contributed by atoms with E-state index in [4.69, 9.17) is 10.5 Å². The molecule has 26 heavy (non-hydrogen) atoms. The number of aryl methyl sites for hydroxylation is 1. The van der Waals surface area contributed by atoms with Gasteiger partial charge in [0.15, 0.2) is 5.96 Å². The van der Waals surface area contributed by atoms with Crippen LogP contribution in [0.3, 0.4) is 0 Å². The van der Waals surface area contributed by atoms with Gasteiger partial charge in [-0.05, 0) is 19.8 Å². The maximum absolute atomic E-state index is 15.0. The van der Waals surface area contributed by atoms with Gasteiger partial charge in [0.05, 0.1) is 18.6 Å². The van der Waals surface area contributed by atoms with Crippen molar-refractivity contribution in [1.82, 2.24) is 9.47 Å². The molecule has 2 aliphatic rings. The lowest BCUT2D eigenvalue weighted by Crippen LogP contribution is -2.59. The number of carbonyl (C=O) groups is 1. The number of fused-ring (bicyclic) bond motifs is 1. The SMILES string of the molecule is C=CCCn1cc(F)c([C@]23CO[C@@H](C)C[C@H]2C(=O)N(C)C(N)=N3)cc1=O. The van der Waals surface area contributed by atoms with Crippen LogP contribution in [-0.4, -0.2) is 41.1 Å². The van der Waals surface area contributed by atoms with Gasteiger partial charge in [-0.15, -0.1) is 6.58 Å². The highest BCUT2D eigenvalue weighted by Gasteiger charge is 2.54. The van der Waals surface area contributed by atoms with Gasteiger partial charge in [-0.1, -0.05) is 6.08 Å². The maximum atomic E-state index is 15.0. The zero-order chi connectivity index (χ0) is 19.1. The highest BCUT2D eigenvalue weighted by molar-refractivity contribution is 6.00. The van der Waals surface area contributed by atoms with Gasteiger partial charge >= 0.3 is 0 Å². The minimum absolute atomic E-state index is 0.00779. The van der Waals surface area contributed by atoms with Crippen molar-refractivity contribution in [2.24, 2.45) is 16.6 Å². The average molecular weight is 362 g/mol. The lowest BCUT2D eigenvalue weighted by Gasteiger charge is -2.46. The summed E-state index contributed by atoms with van der Waals surface area (Å²) in [6.45, 7) is 5.77. The zero-order valence-corrected chi connectivity index (χ0v) is 14.9. The Balaban J connectivity index is 2.15. The van der Waals surface area contributed by atoms with Gasteiger partial charge in [-0.25, -0.2) is 9.38 Å². The fraction of sp³-hybridized carbons (Fsp3) is 0.500. The number of amides is 1. The number of carbonyl (C=O) groups excluding carboxylic acids is 1. The molecule has 8 heteroatoms. The van der Waals surface area contributed by atoms with E-state index < -0.39 is 17.3 Å². The molecule has 1 aromatic rings. The molecule has 0 spiro atoms. The largest absolute Gasteiger partial charge is 0.376 e. The number of nitrogens with zero attached hydrogens (tertiary/aromatic N) is 3. The lowest BCUT2D eigenvalue weighted by molar-refractivity contribution is -0.144. The summed E-state index contributed by atoms with van der Waals surface area (Å²) in [5.41, 5.74) is 4.27. The molecule has 2 N–H and O–H groups in total. The number of ether oxygens (including phenoxy) is 1. The summed E-state index contributed by atoms with van der Waals surface area (Å²) in [5.74, 6) is -1.50. The molecule has 3 rings (SSSR count). The molecule has 3 atom stereocenters. The average Bonchev–Trinajstić information content (AvgIpc) is 2.61. The Morgan fingerprint density at radius 1 is 1.54 bits per heavy atom. The summed E-state index contributed by atoms with van der Waals surface area (Å²) in [5, 5.41) is 0. The van der Waals surface area contributed by atoms with Crippen LogP contribution in [0.1, 0.15) is 25.3 Å². The Labute approximate surface area is 151 Å². The van der Waals surface area contributed by atoms with Crippen LogP contribution >= 0.6 is 0 Å². The van der Waals surface area contributed by atoms with Gasteiger partial charge in [0.25, 0.3) is 5.56 Å². The number of rotatable bonds is 4. The van der Waals surface area contributed by atoms with E-state index in [2.05, 4.69) is 11.6 Å². The Morgan fingerprint density at radius 3 is 2.96 bits per heavy atom. The molecule has 1 aromatic heterocycles. The van der Waals surface area contributed by atoms with Gasteiger partial charge in [-0.2, -0.15) is 0 Å². The lowest BCUT2D eigenvalue weighted by atomic mass is 9.73. The first-order valence-corrected chi connectivity index (χ1v) is 8.56. The third kappa shape index (κ3) is 2.84. The molecule has 1 fully saturated rings. The second kappa shape index (κ2) is 6.68. The Kier molecular flexibility index (Phi) is 4.70. The number of halogens is 1. The first-order valence-electron chi connectivity index (χ1n) is 8.56. The highest BCUT2D eigenvalue weighted by atomic mass is 19.1. The zero-order valence-electron chi connectivity index (χ0n) is 14.9. The fourth-order valence-electron chi connectivity index (χ4n) is 3.61. The first kappa shape index (κ1) is 18.3. The predicted octanol–water partition coefficient (Wildman–Crippen LogP) is 0.970. The smallest absolute Gasteiger partial charge is 0.251 e. The minimum atomic E-state index is -1.32. The van der Waals surface area contributed by atoms with E-state index in [0.29, 0.717) is 19.4 Å². The van der Waals surface area contributed by atoms with Crippen molar-refractivity contribution in [3.05, 3.63) is 46.7 Å². The van der Waals surface area contributed by atoms with E-state index in [1.165, 1.54) is 22.6 Å². The number of hydrogen-bond donors (Lipinski definition) is 1. The first-order chi connectivity index (χ1) is 12.3. The number of aliphatic imine (C=N–C) groups is 1. The molecule has 1 saturated heterocycles. The summed E-state index contributed by atoms with van der Waals surface area (Å²) in [7, 11) is 1.54. The maximum Gasteiger partial charge on any atom is 0.251 e. The van der Waals surface area contributed by atoms with E-state index in [1.807, 2.05) is 6.92 Å². The molecule has 0 aromatic carbocycles. The predicted molar refractivity (Wildman–Crippen MR) is 95.1 cm³/mol. The van der Waals surface area contributed by atoms with Crippen LogP contribution in [-0.2, 0) is 21.6 Å². The van der Waals surface area contributed by atoms with Crippen LogP contribution in [0.15, 0.2) is 34.7 Å². The van der Waals surface area contributed by atoms with Crippen molar-refractivity contribution in [3.63, 3.8) is 0 Å². The molecule has 3 heterocycles. The van der Waals surface area contributed by atoms with Crippen LogP contribution in [0.5, 0.6) is 0 Å². The van der Waals surface area contributed by atoms with Crippen LogP contribution in [0.2, 0.25) is 0 Å². The van der Waals surface area contributed by atoms with E-state index in [9.17, 15) is 14.0 Å². The Bertz CT molecular complexity index is 834. The molecule has 0 aliphatic carbocycles. The van der Waals surface area contributed by atoms with Crippen LogP contribution in [0.4, 0.5) is 4.39 Å². The van der Waals surface area contributed by atoms with Crippen LogP contribution in [0.25, 0.3) is 0 Å². The number of hydrogen-bond acceptors (Lipinski definition) is 5. The fourth-order valence-corrected chi connectivity index (χ4v) is 3.61. The highest BCUT2D eigenvalue weighted by Crippen LogP contribution is 2.44. The second-order valence-electron chi connectivity index (χ2n) is 6.85. The van der Waals surface area contributed by atoms with Gasteiger partial charge in [0.2, 0.25) is 5.91 Å². The van der Waals surface area contributed by atoms with Gasteiger partial charge < -0.3 is 15.0 Å². The van der Waals surface area contributed by atoms with Crippen LogP contribution in [0, 0.1) is 11.7 Å². The third-order valence-electron chi connectivity index (χ3n) is 5.14. The minimum Gasteiger partial charge on any atom is -0.376 e. The summed E-state index contributed by atoms with van der Waals surface area (Å²) in [6, 6.07) is 1.21. The molecule has 1 amide bonds. The number of aromatic nitrogens is 1. The number of nitrogens with two attached hydrogens (primary N) is 1. The van der Waals surface area contributed by atoms with Gasteiger partial charge in [0, 0.05) is 31.4 Å². The van der Waals surface area contributed by atoms with Crippen molar-refractivity contribution in [2.75, 3.05) is 13.7 Å². The topological polar surface area (TPSA) is 89.9 Å². The molecule has 0 saturated carbocycles. The van der Waals surface area contributed by atoms with Crippen molar-refractivity contribution in [1.29, 1.82) is 0 Å². The summed E-state index contributed by atoms with van der Waals surface area (Å²) in [6.07, 6.45) is 3.56. The van der Waals surface area contributed by atoms with Gasteiger partial charge in [-0.3, -0.25) is 14.5 Å². The summed E-state index contributed by atoms with van der Waals surface area (Å²) in [4.78, 5) is 30.9. The monoisotopic (exact) mass is 362 g/mol. The molecule has 140 valence electrons. The molecule has 2 aliphatic heterocycles. The normalized spacial score (nSPS) is 28.5. The molecular weight excluding hydrogens is 339 g/mol. The number of allylic oxidation sites excluding steroid dienone is 1. The van der Waals surface area contributed by atoms with E-state index in [0.717, 1.165) is 6.20 Å². The van der Waals surface area contributed by atoms with Crippen LogP contribution < -0.4 is 11.3 Å². The number of guanidine groups is 1. The summed E-state index contributed by atoms with van der Waals surface area (Å²) < 4.78 is 22.0. The molecule has 0 bridgehead atoms. The van der Waals surface area contributed by atoms with E-state index >= 15 is 0 Å². The summed E-state index contributed by atoms with van der Waals surface area (Å²) >= 11 is 0. The van der Waals surface area contributed by atoms with E-state index in [-0.39, 0.29) is 35.7 Å². The quantitative estimate of drug-likeness (QED) is 0.808. The molecule has 0 unspecified atom stereocenters. The van der Waals surface area contributed by atoms with Gasteiger partial charge in [0.1, 0.15) is 11.4 Å². The van der Waals surface area contributed by atoms with Crippen molar-refractivity contribution < 1.29 is 13.9 Å². The van der Waals surface area contributed by atoms with Crippen molar-refractivity contribution >= 4 is 11.9 Å². The van der Waals surface area contributed by atoms with Crippen molar-refractivity contribution in [3.8, 4) is 0 Å². The second-order valence-corrected chi connectivity index (χ2v) is 6.85.